The Bertz CT molecular complexity index is 265. The molecule has 0 radical (unpaired) electrons. The molecule has 0 aromatic heterocycles. The highest BCUT2D eigenvalue weighted by Gasteiger charge is 1.98. The summed E-state index contributed by atoms with van der Waals surface area (Å²) in [4.78, 5) is 0. The third-order valence-corrected chi connectivity index (χ3v) is 1.43. The van der Waals surface area contributed by atoms with Crippen LogP contribution in [0.2, 0.25) is 5.02 Å². The molecule has 1 aromatic rings. The van der Waals surface area contributed by atoms with Crippen LogP contribution >= 0.6 is 11.6 Å². The van der Waals surface area contributed by atoms with E-state index in [2.05, 4.69) is 0 Å². The largest absolute Gasteiger partial charge is 0.733 e. The van der Waals surface area contributed by atoms with E-state index in [1.54, 1.807) is 0 Å². The number of hydrogen-bond donors (Lipinski definition) is 2. The van der Waals surface area contributed by atoms with Crippen LogP contribution in [0.4, 0.5) is 11.4 Å². The van der Waals surface area contributed by atoms with Gasteiger partial charge < -0.3 is 16.2 Å². The maximum absolute atomic E-state index is 10.4. The summed E-state index contributed by atoms with van der Waals surface area (Å²) >= 11 is 5.53. The first-order valence-corrected chi connectivity index (χ1v) is 3.20. The first kappa shape index (κ1) is 8.13. The number of anilines is 2. The van der Waals surface area contributed by atoms with Gasteiger partial charge in [-0.25, -0.2) is 0 Å². The lowest BCUT2D eigenvalue weighted by molar-refractivity contribution is 0.297. The maximum Gasteiger partial charge on any atom is 0.0753 e. The lowest BCUT2D eigenvalue weighted by Crippen LogP contribution is -2.09. The van der Waals surface area contributed by atoms with Crippen LogP contribution in [0.3, 0.4) is 0 Å². The fourth-order valence-electron chi connectivity index (χ4n) is 0.682. The molecule has 0 heterocycles. The van der Waals surface area contributed by atoms with Crippen molar-refractivity contribution in [1.82, 2.24) is 0 Å². The van der Waals surface area contributed by atoms with Crippen molar-refractivity contribution >= 4 is 23.0 Å². The summed E-state index contributed by atoms with van der Waals surface area (Å²) in [6.07, 6.45) is 0. The van der Waals surface area contributed by atoms with Crippen LogP contribution in [0.15, 0.2) is 18.2 Å². The average molecular weight is 174 g/mol. The number of rotatable bonds is 1. The monoisotopic (exact) mass is 173 g/mol. The number of nitrogens with zero attached hydrogens (tertiary/aromatic N) is 1. The molecule has 1 rings (SSSR count). The minimum atomic E-state index is -0.318. The molecule has 5 heteroatoms. The Kier molecular flexibility index (Phi) is 2.19. The van der Waals surface area contributed by atoms with Crippen molar-refractivity contribution in [2.45, 2.75) is 0 Å². The van der Waals surface area contributed by atoms with Gasteiger partial charge in [0.2, 0.25) is 0 Å². The third-order valence-electron chi connectivity index (χ3n) is 1.20. The highest BCUT2D eigenvalue weighted by atomic mass is 35.5. The van der Waals surface area contributed by atoms with E-state index in [9.17, 15) is 5.21 Å². The van der Waals surface area contributed by atoms with Crippen LogP contribution in [-0.2, 0) is 0 Å². The van der Waals surface area contributed by atoms with E-state index in [-0.39, 0.29) is 16.6 Å². The van der Waals surface area contributed by atoms with Gasteiger partial charge in [0, 0.05) is 5.02 Å². The van der Waals surface area contributed by atoms with Crippen LogP contribution in [0.1, 0.15) is 0 Å². The molecule has 0 saturated carbocycles. The van der Waals surface area contributed by atoms with E-state index in [0.29, 0.717) is 5.02 Å². The summed E-state index contributed by atoms with van der Waals surface area (Å²) < 4.78 is 0. The predicted molar refractivity (Wildman–Crippen MR) is 43.5 cm³/mol. The van der Waals surface area contributed by atoms with Crippen molar-refractivity contribution < 1.29 is 5.21 Å². The number of benzene rings is 1. The zero-order chi connectivity index (χ0) is 8.43. The summed E-state index contributed by atoms with van der Waals surface area (Å²) in [7, 11) is 0. The first-order chi connectivity index (χ1) is 5.11. The number of hydrogen-bond acceptors (Lipinski definition) is 4. The zero-order valence-corrected chi connectivity index (χ0v) is 6.25. The Balaban J connectivity index is 3.13. The topological polar surface area (TPSA) is 72.5 Å². The Labute approximate surface area is 68.3 Å². The second-order valence-electron chi connectivity index (χ2n) is 1.98. The second kappa shape index (κ2) is 2.96. The van der Waals surface area contributed by atoms with Crippen LogP contribution in [0.5, 0.6) is 0 Å². The normalized spacial score (nSPS) is 9.73. The Hall–Kier alpha value is -0.970. The molecular weight excluding hydrogens is 168 g/mol. The van der Waals surface area contributed by atoms with E-state index in [1.807, 2.05) is 0 Å². The SMILES string of the molecule is Nc1ccc(Cl)cc1N([O-])O. The molecule has 3 N–H and O–H groups in total. The van der Waals surface area contributed by atoms with Crippen molar-refractivity contribution in [2.24, 2.45) is 0 Å². The lowest BCUT2D eigenvalue weighted by Gasteiger charge is -2.23. The van der Waals surface area contributed by atoms with E-state index in [1.165, 1.54) is 18.2 Å². The summed E-state index contributed by atoms with van der Waals surface area (Å²) in [5.41, 5.74) is 5.47. The van der Waals surface area contributed by atoms with Crippen LogP contribution < -0.4 is 11.0 Å². The van der Waals surface area contributed by atoms with Gasteiger partial charge in [-0.3, -0.25) is 5.21 Å². The Morgan fingerprint density at radius 3 is 2.64 bits per heavy atom. The third kappa shape index (κ3) is 1.74. The minimum Gasteiger partial charge on any atom is -0.733 e. The van der Waals surface area contributed by atoms with Gasteiger partial charge in [-0.2, -0.15) is 0 Å². The molecule has 4 nitrogen and oxygen atoms in total. The Morgan fingerprint density at radius 1 is 1.55 bits per heavy atom. The summed E-state index contributed by atoms with van der Waals surface area (Å²) in [5.74, 6) is 0. The van der Waals surface area contributed by atoms with Crippen molar-refractivity contribution in [3.8, 4) is 0 Å². The smallest absolute Gasteiger partial charge is 0.0753 e. The fraction of sp³-hybridized carbons (Fsp3) is 0. The van der Waals surface area contributed by atoms with E-state index < -0.39 is 0 Å². The zero-order valence-electron chi connectivity index (χ0n) is 5.49. The highest BCUT2D eigenvalue weighted by Crippen LogP contribution is 2.24. The molecule has 11 heavy (non-hydrogen) atoms. The molecule has 0 fully saturated rings. The quantitative estimate of drug-likeness (QED) is 0.500. The van der Waals surface area contributed by atoms with Gasteiger partial charge in [0.15, 0.2) is 0 Å². The fourth-order valence-corrected chi connectivity index (χ4v) is 0.849. The standard InChI is InChI=1S/C6H6ClN2O2/c7-4-1-2-5(8)6(3-4)9(10)11/h1-3,10H,8H2/q-1. The van der Waals surface area contributed by atoms with Crippen molar-refractivity contribution in [2.75, 3.05) is 11.0 Å². The molecule has 0 amide bonds. The van der Waals surface area contributed by atoms with Gasteiger partial charge in [-0.15, -0.1) is 0 Å². The van der Waals surface area contributed by atoms with Crippen LogP contribution in [-0.4, -0.2) is 5.21 Å². The van der Waals surface area contributed by atoms with Crippen molar-refractivity contribution in [3.05, 3.63) is 28.4 Å². The predicted octanol–water partition coefficient (Wildman–Crippen LogP) is 1.62. The molecule has 60 valence electrons. The molecular formula is C6H6ClN2O2-. The summed E-state index contributed by atoms with van der Waals surface area (Å²) in [6.45, 7) is 0. The van der Waals surface area contributed by atoms with Gasteiger partial charge in [-0.1, -0.05) is 11.6 Å². The van der Waals surface area contributed by atoms with Gasteiger partial charge in [0.25, 0.3) is 0 Å². The summed E-state index contributed by atoms with van der Waals surface area (Å²) in [5, 5.41) is 18.9. The van der Waals surface area contributed by atoms with Gasteiger partial charge in [-0.05, 0) is 18.2 Å². The van der Waals surface area contributed by atoms with Gasteiger partial charge in [0.05, 0.1) is 11.4 Å². The number of nitrogen functional groups attached to an aromatic ring is 1. The molecule has 0 atom stereocenters. The lowest BCUT2D eigenvalue weighted by atomic mass is 10.3. The molecule has 0 aliphatic carbocycles. The summed E-state index contributed by atoms with van der Waals surface area (Å²) in [6, 6.07) is 4.26. The maximum atomic E-state index is 10.4. The molecule has 0 bridgehead atoms. The van der Waals surface area contributed by atoms with Crippen LogP contribution in [0, 0.1) is 5.21 Å². The average Bonchev–Trinajstić information content (AvgIpc) is 1.94. The molecule has 0 spiro atoms. The molecule has 0 unspecified atom stereocenters. The second-order valence-corrected chi connectivity index (χ2v) is 2.41. The van der Waals surface area contributed by atoms with E-state index in [4.69, 9.17) is 22.5 Å². The van der Waals surface area contributed by atoms with Crippen molar-refractivity contribution in [3.63, 3.8) is 0 Å². The van der Waals surface area contributed by atoms with Crippen molar-refractivity contribution in [1.29, 1.82) is 0 Å². The number of nitrogens with two attached hydrogens (primary N) is 1. The molecule has 0 aliphatic heterocycles. The molecule has 0 saturated heterocycles. The minimum absolute atomic E-state index is 0.0440. The Morgan fingerprint density at radius 2 is 2.18 bits per heavy atom. The molecule has 1 aromatic carbocycles. The molecule has 0 aliphatic rings. The van der Waals surface area contributed by atoms with E-state index >= 15 is 0 Å². The highest BCUT2D eigenvalue weighted by molar-refractivity contribution is 6.31. The van der Waals surface area contributed by atoms with Gasteiger partial charge >= 0.3 is 0 Å². The van der Waals surface area contributed by atoms with E-state index in [0.717, 1.165) is 0 Å². The first-order valence-electron chi connectivity index (χ1n) is 2.82. The van der Waals surface area contributed by atoms with Gasteiger partial charge in [0.1, 0.15) is 0 Å². The number of halogens is 1. The van der Waals surface area contributed by atoms with Crippen LogP contribution in [0.25, 0.3) is 0 Å².